The highest BCUT2D eigenvalue weighted by Gasteiger charge is 2.23. The number of aliphatic carboxylic acids is 1. The van der Waals surface area contributed by atoms with Gasteiger partial charge in [-0.15, -0.1) is 0 Å². The zero-order chi connectivity index (χ0) is 19.4. The number of para-hydroxylation sites is 1. The lowest BCUT2D eigenvalue weighted by atomic mass is 10.0. The van der Waals surface area contributed by atoms with Crippen LogP contribution in [0.2, 0.25) is 0 Å². The smallest absolute Gasteiger partial charge is 0.343 e. The highest BCUT2D eigenvalue weighted by molar-refractivity contribution is 6.00. The molecule has 4 N–H and O–H groups in total. The van der Waals surface area contributed by atoms with Crippen molar-refractivity contribution in [1.29, 1.82) is 0 Å². The van der Waals surface area contributed by atoms with E-state index in [0.29, 0.717) is 24.1 Å². The first kappa shape index (κ1) is 18.2. The molecule has 0 atom stereocenters. The summed E-state index contributed by atoms with van der Waals surface area (Å²) in [5.41, 5.74) is 7.61. The Kier molecular flexibility index (Phi) is 5.25. The van der Waals surface area contributed by atoms with Gasteiger partial charge in [-0.2, -0.15) is 0 Å². The zero-order valence-electron chi connectivity index (χ0n) is 14.4. The van der Waals surface area contributed by atoms with Gasteiger partial charge in [0.2, 0.25) is 0 Å². The van der Waals surface area contributed by atoms with Crippen LogP contribution in [0, 0.1) is 0 Å². The zero-order valence-corrected chi connectivity index (χ0v) is 14.4. The molecule has 1 amide bonds. The van der Waals surface area contributed by atoms with E-state index in [-0.39, 0.29) is 23.7 Å². The Labute approximate surface area is 154 Å². The van der Waals surface area contributed by atoms with Crippen LogP contribution in [0.1, 0.15) is 32.7 Å². The van der Waals surface area contributed by atoms with Gasteiger partial charge in [0.15, 0.2) is 11.5 Å². The van der Waals surface area contributed by atoms with Crippen LogP contribution in [0.25, 0.3) is 0 Å². The third-order valence-corrected chi connectivity index (χ3v) is 4.01. The summed E-state index contributed by atoms with van der Waals surface area (Å²) in [6.07, 6.45) is 1.15. The number of esters is 1. The second-order valence-corrected chi connectivity index (χ2v) is 5.97. The Bertz CT molecular complexity index is 909. The van der Waals surface area contributed by atoms with E-state index in [4.69, 9.17) is 20.3 Å². The third-order valence-electron chi connectivity index (χ3n) is 4.01. The Balaban J connectivity index is 1.95. The normalized spacial score (nSPS) is 13.4. The first-order valence-electron chi connectivity index (χ1n) is 8.32. The van der Waals surface area contributed by atoms with E-state index >= 15 is 0 Å². The summed E-state index contributed by atoms with van der Waals surface area (Å²) in [6.45, 7) is -0.251. The average molecular weight is 370 g/mol. The van der Waals surface area contributed by atoms with Gasteiger partial charge in [0.05, 0.1) is 17.7 Å². The van der Waals surface area contributed by atoms with Crippen molar-refractivity contribution < 1.29 is 29.0 Å². The molecule has 1 heterocycles. The number of nitrogens with two attached hydrogens (primary N) is 1. The molecule has 0 unspecified atom stereocenters. The standard InChI is InChI=1S/C19H18N2O6/c20-12-6-7-13-11(9-12)3-2-8-26-17-14(18(24)21-10-16(22)23)4-1-5-15(17)27-19(13)25/h1,4-7,9H,2-3,8,10,20H2,(H,21,24)(H,22,23). The molecule has 3 rings (SSSR count). The Morgan fingerprint density at radius 3 is 2.81 bits per heavy atom. The monoisotopic (exact) mass is 370 g/mol. The fourth-order valence-corrected chi connectivity index (χ4v) is 2.79. The minimum Gasteiger partial charge on any atom is -0.489 e. The van der Waals surface area contributed by atoms with Gasteiger partial charge in [-0.05, 0) is 48.7 Å². The van der Waals surface area contributed by atoms with E-state index in [1.165, 1.54) is 18.2 Å². The largest absolute Gasteiger partial charge is 0.489 e. The highest BCUT2D eigenvalue weighted by atomic mass is 16.6. The van der Waals surface area contributed by atoms with Crippen LogP contribution in [-0.4, -0.2) is 36.1 Å². The number of ether oxygens (including phenoxy) is 2. The van der Waals surface area contributed by atoms with Crippen molar-refractivity contribution in [2.75, 3.05) is 18.9 Å². The second kappa shape index (κ2) is 7.77. The number of hydrogen-bond donors (Lipinski definition) is 3. The number of carboxylic acid groups (broad SMARTS) is 1. The molecule has 1 aliphatic rings. The van der Waals surface area contributed by atoms with Crippen LogP contribution in [0.15, 0.2) is 36.4 Å². The minimum atomic E-state index is -1.17. The number of fused-ring (bicyclic) bond motifs is 2. The molecule has 27 heavy (non-hydrogen) atoms. The molecule has 140 valence electrons. The molecular formula is C19H18N2O6. The molecule has 2 aromatic carbocycles. The molecule has 8 heteroatoms. The number of carboxylic acids is 1. The average Bonchev–Trinajstić information content (AvgIpc) is 2.63. The molecule has 2 aromatic rings. The molecule has 0 bridgehead atoms. The van der Waals surface area contributed by atoms with Crippen molar-refractivity contribution >= 4 is 23.5 Å². The number of nitrogens with one attached hydrogen (secondary N) is 1. The Morgan fingerprint density at radius 1 is 1.22 bits per heavy atom. The van der Waals surface area contributed by atoms with E-state index in [9.17, 15) is 14.4 Å². The van der Waals surface area contributed by atoms with Crippen molar-refractivity contribution in [2.45, 2.75) is 12.8 Å². The number of aryl methyl sites for hydroxylation is 1. The lowest BCUT2D eigenvalue weighted by Crippen LogP contribution is -2.29. The van der Waals surface area contributed by atoms with Crippen molar-refractivity contribution in [1.82, 2.24) is 5.32 Å². The molecule has 0 saturated carbocycles. The van der Waals surface area contributed by atoms with E-state index in [0.717, 1.165) is 5.56 Å². The minimum absolute atomic E-state index is 0.0904. The van der Waals surface area contributed by atoms with Crippen molar-refractivity contribution in [3.63, 3.8) is 0 Å². The number of hydrogen-bond acceptors (Lipinski definition) is 6. The number of anilines is 1. The topological polar surface area (TPSA) is 128 Å². The number of amides is 1. The van der Waals surface area contributed by atoms with Gasteiger partial charge in [-0.1, -0.05) is 6.07 Å². The summed E-state index contributed by atoms with van der Waals surface area (Å²) in [6, 6.07) is 9.48. The molecule has 0 radical (unpaired) electrons. The quantitative estimate of drug-likeness (QED) is 0.425. The highest BCUT2D eigenvalue weighted by Crippen LogP contribution is 2.33. The number of carbonyl (C=O) groups is 3. The summed E-state index contributed by atoms with van der Waals surface area (Å²) in [4.78, 5) is 35.5. The Morgan fingerprint density at radius 2 is 2.04 bits per heavy atom. The maximum absolute atomic E-state index is 12.6. The van der Waals surface area contributed by atoms with Crippen LogP contribution in [0.5, 0.6) is 11.5 Å². The maximum atomic E-state index is 12.6. The molecule has 0 aliphatic carbocycles. The molecule has 8 nitrogen and oxygen atoms in total. The van der Waals surface area contributed by atoms with E-state index in [1.54, 1.807) is 18.2 Å². The van der Waals surface area contributed by atoms with Crippen LogP contribution >= 0.6 is 0 Å². The van der Waals surface area contributed by atoms with Crippen molar-refractivity contribution in [3.05, 3.63) is 53.1 Å². The van der Waals surface area contributed by atoms with Crippen molar-refractivity contribution in [3.8, 4) is 11.5 Å². The summed E-state index contributed by atoms with van der Waals surface area (Å²) < 4.78 is 11.2. The molecule has 0 fully saturated rings. The first-order valence-corrected chi connectivity index (χ1v) is 8.32. The fraction of sp³-hybridized carbons (Fsp3) is 0.211. The van der Waals surface area contributed by atoms with Crippen molar-refractivity contribution in [2.24, 2.45) is 0 Å². The van der Waals surface area contributed by atoms with Gasteiger partial charge in [0.1, 0.15) is 6.54 Å². The number of nitrogen functional groups attached to an aromatic ring is 1. The number of carbonyl (C=O) groups excluding carboxylic acids is 2. The van der Waals surface area contributed by atoms with E-state index in [2.05, 4.69) is 5.32 Å². The summed E-state index contributed by atoms with van der Waals surface area (Å²) in [5, 5.41) is 11.0. The van der Waals surface area contributed by atoms with Gasteiger partial charge >= 0.3 is 11.9 Å². The van der Waals surface area contributed by atoms with Crippen LogP contribution < -0.4 is 20.5 Å². The lowest BCUT2D eigenvalue weighted by molar-refractivity contribution is -0.135. The molecule has 1 aliphatic heterocycles. The predicted molar refractivity (Wildman–Crippen MR) is 96.0 cm³/mol. The summed E-state index contributed by atoms with van der Waals surface area (Å²) in [5.74, 6) is -2.19. The fourth-order valence-electron chi connectivity index (χ4n) is 2.79. The predicted octanol–water partition coefficient (Wildman–Crippen LogP) is 1.63. The van der Waals surface area contributed by atoms with E-state index in [1.807, 2.05) is 0 Å². The number of benzene rings is 2. The van der Waals surface area contributed by atoms with Gasteiger partial charge in [-0.3, -0.25) is 9.59 Å². The van der Waals surface area contributed by atoms with Gasteiger partial charge in [0, 0.05) is 5.69 Å². The third kappa shape index (κ3) is 4.17. The number of rotatable bonds is 3. The second-order valence-electron chi connectivity index (χ2n) is 5.97. The summed E-state index contributed by atoms with van der Waals surface area (Å²) in [7, 11) is 0. The molecule has 0 saturated heterocycles. The van der Waals surface area contributed by atoms with Gasteiger partial charge in [-0.25, -0.2) is 4.79 Å². The van der Waals surface area contributed by atoms with E-state index < -0.39 is 24.4 Å². The maximum Gasteiger partial charge on any atom is 0.343 e. The van der Waals surface area contributed by atoms with Gasteiger partial charge in [0.25, 0.3) is 5.91 Å². The molecule has 0 aromatic heterocycles. The molecular weight excluding hydrogens is 352 g/mol. The first-order chi connectivity index (χ1) is 13.0. The van der Waals surface area contributed by atoms with Gasteiger partial charge < -0.3 is 25.6 Å². The SMILES string of the molecule is Nc1ccc2c(c1)CCCOc1c(cccc1C(=O)NCC(=O)O)OC2=O. The molecule has 0 spiro atoms. The van der Waals surface area contributed by atoms with Crippen LogP contribution in [0.3, 0.4) is 0 Å². The van der Waals surface area contributed by atoms with Crippen LogP contribution in [-0.2, 0) is 11.2 Å². The lowest BCUT2D eigenvalue weighted by Gasteiger charge is -2.18. The van der Waals surface area contributed by atoms with Crippen LogP contribution in [0.4, 0.5) is 5.69 Å². The Hall–Kier alpha value is -3.55. The summed E-state index contributed by atoms with van der Waals surface area (Å²) >= 11 is 0.